The molecule has 3 heterocycles. The number of pyridine rings is 1. The number of aromatic nitrogens is 2. The fourth-order valence-corrected chi connectivity index (χ4v) is 7.06. The Balaban J connectivity index is 1.64. The number of anilines is 1. The minimum Gasteiger partial charge on any atom is -0.406 e. The number of sulfonamides is 1. The van der Waals surface area contributed by atoms with Gasteiger partial charge in [-0.05, 0) is 50.5 Å². The maximum Gasteiger partial charge on any atom is 0.428 e. The summed E-state index contributed by atoms with van der Waals surface area (Å²) in [5.41, 5.74) is -0.216. The molecule has 0 bridgehead atoms. The maximum absolute atomic E-state index is 13.3. The first-order chi connectivity index (χ1) is 17.1. The Morgan fingerprint density at radius 1 is 1.06 bits per heavy atom. The number of nitrogens with zero attached hydrogens (tertiary/aromatic N) is 3. The molecule has 0 N–H and O–H groups in total. The van der Waals surface area contributed by atoms with Gasteiger partial charge in [-0.15, -0.1) is 0 Å². The van der Waals surface area contributed by atoms with Crippen LogP contribution in [0.4, 0.5) is 5.69 Å². The number of hydrogen-bond donors (Lipinski definition) is 0. The minimum absolute atomic E-state index is 0.0146. The van der Waals surface area contributed by atoms with Crippen molar-refractivity contribution in [2.24, 2.45) is 0 Å². The van der Waals surface area contributed by atoms with Gasteiger partial charge in [0.15, 0.2) is 11.4 Å². The molecular formula is C23H26N3O8PS. The van der Waals surface area contributed by atoms with Gasteiger partial charge in [-0.2, -0.15) is 4.57 Å². The van der Waals surface area contributed by atoms with Crippen molar-refractivity contribution in [1.29, 1.82) is 0 Å². The SMILES string of the molecule is CCOP(=O)(CCCc1ccc(-n2c(=O)oc3c(c2=O)N(C)S(=O)(=O)c2ccccc2-3)nc1)OCC. The molecule has 0 saturated carbocycles. The second-order valence-electron chi connectivity index (χ2n) is 7.95. The average Bonchev–Trinajstić information content (AvgIpc) is 2.84. The summed E-state index contributed by atoms with van der Waals surface area (Å²) < 4.78 is 56.0. The monoisotopic (exact) mass is 535 g/mol. The molecule has 1 aliphatic heterocycles. The van der Waals surface area contributed by atoms with Gasteiger partial charge in [-0.1, -0.05) is 18.2 Å². The zero-order valence-corrected chi connectivity index (χ0v) is 21.8. The summed E-state index contributed by atoms with van der Waals surface area (Å²) in [7, 11) is -5.93. The Morgan fingerprint density at radius 3 is 2.39 bits per heavy atom. The highest BCUT2D eigenvalue weighted by Crippen LogP contribution is 2.48. The molecule has 0 fully saturated rings. The Hall–Kier alpha value is -3.05. The van der Waals surface area contributed by atoms with Crippen LogP contribution in [0.2, 0.25) is 0 Å². The third-order valence-corrected chi connectivity index (χ3v) is 9.65. The van der Waals surface area contributed by atoms with Gasteiger partial charge in [0.25, 0.3) is 15.6 Å². The van der Waals surface area contributed by atoms with Crippen molar-refractivity contribution in [3.05, 3.63) is 69.1 Å². The molecule has 11 nitrogen and oxygen atoms in total. The maximum atomic E-state index is 13.3. The number of aryl methyl sites for hydroxylation is 1. The lowest BCUT2D eigenvalue weighted by atomic mass is 10.1. The van der Waals surface area contributed by atoms with Gasteiger partial charge >= 0.3 is 13.4 Å². The fourth-order valence-electron chi connectivity index (χ4n) is 4.01. The van der Waals surface area contributed by atoms with E-state index >= 15 is 0 Å². The van der Waals surface area contributed by atoms with E-state index in [4.69, 9.17) is 13.5 Å². The molecule has 1 aromatic carbocycles. The van der Waals surface area contributed by atoms with E-state index in [1.807, 2.05) is 0 Å². The van der Waals surface area contributed by atoms with E-state index < -0.39 is 28.9 Å². The van der Waals surface area contributed by atoms with Gasteiger partial charge in [0.2, 0.25) is 0 Å². The van der Waals surface area contributed by atoms with Crippen molar-refractivity contribution in [2.45, 2.75) is 31.6 Å². The Morgan fingerprint density at radius 2 is 1.75 bits per heavy atom. The standard InChI is InChI=1S/C23H26N3O8PS/c1-4-32-35(29,33-5-2)14-8-9-16-12-13-19(24-15-16)26-22(27)20-21(34-23(26)28)17-10-6-7-11-18(17)36(30,31)25(20)3/h6-7,10-13,15H,4-5,8-9,14H2,1-3H3. The highest BCUT2D eigenvalue weighted by Gasteiger charge is 2.37. The van der Waals surface area contributed by atoms with Crippen LogP contribution in [0.25, 0.3) is 17.1 Å². The van der Waals surface area contributed by atoms with Crippen molar-refractivity contribution >= 4 is 23.3 Å². The molecule has 0 atom stereocenters. The molecule has 0 unspecified atom stereocenters. The summed E-state index contributed by atoms with van der Waals surface area (Å²) in [5.74, 6) is -1.12. The molecule has 1 aliphatic rings. The molecule has 192 valence electrons. The first-order valence-corrected chi connectivity index (χ1v) is 14.5. The summed E-state index contributed by atoms with van der Waals surface area (Å²) in [4.78, 5) is 30.3. The number of hydrogen-bond acceptors (Lipinski definition) is 9. The topological polar surface area (TPSA) is 138 Å². The van der Waals surface area contributed by atoms with Gasteiger partial charge < -0.3 is 13.5 Å². The van der Waals surface area contributed by atoms with Crippen LogP contribution in [0.1, 0.15) is 25.8 Å². The van der Waals surface area contributed by atoms with Crippen LogP contribution in [0.15, 0.2) is 61.5 Å². The van der Waals surface area contributed by atoms with E-state index in [-0.39, 0.29) is 47.1 Å². The first kappa shape index (κ1) is 26.0. The lowest BCUT2D eigenvalue weighted by Gasteiger charge is -2.27. The summed E-state index contributed by atoms with van der Waals surface area (Å²) in [6.07, 6.45) is 2.76. The van der Waals surface area contributed by atoms with Crippen LogP contribution < -0.4 is 15.6 Å². The lowest BCUT2D eigenvalue weighted by Crippen LogP contribution is -2.41. The largest absolute Gasteiger partial charge is 0.428 e. The molecular weight excluding hydrogens is 509 g/mol. The lowest BCUT2D eigenvalue weighted by molar-refractivity contribution is 0.220. The highest BCUT2D eigenvalue weighted by atomic mass is 32.2. The van der Waals surface area contributed by atoms with Gasteiger partial charge in [0.05, 0.1) is 24.3 Å². The summed E-state index contributed by atoms with van der Waals surface area (Å²) in [6.45, 7) is 4.07. The van der Waals surface area contributed by atoms with Crippen molar-refractivity contribution in [2.75, 3.05) is 30.7 Å². The highest BCUT2D eigenvalue weighted by molar-refractivity contribution is 7.93. The fraction of sp³-hybridized carbons (Fsp3) is 0.348. The number of rotatable bonds is 9. The van der Waals surface area contributed by atoms with Crippen LogP contribution >= 0.6 is 7.60 Å². The third-order valence-electron chi connectivity index (χ3n) is 5.66. The molecule has 0 saturated heterocycles. The van der Waals surface area contributed by atoms with Crippen LogP contribution in [0.3, 0.4) is 0 Å². The van der Waals surface area contributed by atoms with Crippen molar-refractivity contribution < 1.29 is 26.4 Å². The predicted molar refractivity (Wildman–Crippen MR) is 133 cm³/mol. The second kappa shape index (κ2) is 10.1. The third kappa shape index (κ3) is 4.69. The van der Waals surface area contributed by atoms with Gasteiger partial charge in [-0.25, -0.2) is 18.2 Å². The van der Waals surface area contributed by atoms with Crippen LogP contribution in [0.5, 0.6) is 0 Å². The van der Waals surface area contributed by atoms with Gasteiger partial charge in [-0.3, -0.25) is 13.7 Å². The predicted octanol–water partition coefficient (Wildman–Crippen LogP) is 3.19. The second-order valence-corrected chi connectivity index (χ2v) is 12.1. The van der Waals surface area contributed by atoms with Crippen LogP contribution in [-0.4, -0.2) is 44.4 Å². The zero-order valence-electron chi connectivity index (χ0n) is 20.0. The number of fused-ring (bicyclic) bond motifs is 3. The van der Waals surface area contributed by atoms with E-state index in [0.717, 1.165) is 9.87 Å². The summed E-state index contributed by atoms with van der Waals surface area (Å²) in [6, 6.07) is 9.15. The van der Waals surface area contributed by atoms with Gasteiger partial charge in [0, 0.05) is 18.8 Å². The Kier molecular flexibility index (Phi) is 7.33. The normalized spacial score (nSPS) is 14.4. The van der Waals surface area contributed by atoms with Crippen molar-refractivity contribution in [1.82, 2.24) is 9.55 Å². The molecule has 2 aromatic heterocycles. The van der Waals surface area contributed by atoms with Crippen molar-refractivity contribution in [3.63, 3.8) is 0 Å². The summed E-state index contributed by atoms with van der Waals surface area (Å²) >= 11 is 0. The summed E-state index contributed by atoms with van der Waals surface area (Å²) in [5, 5.41) is 0. The quantitative estimate of drug-likeness (QED) is 0.378. The minimum atomic E-state index is -4.01. The molecule has 0 amide bonds. The van der Waals surface area contributed by atoms with Crippen LogP contribution in [0, 0.1) is 0 Å². The molecule has 0 spiro atoms. The molecule has 0 radical (unpaired) electrons. The van der Waals surface area contributed by atoms with E-state index in [1.165, 1.54) is 31.4 Å². The van der Waals surface area contributed by atoms with E-state index in [2.05, 4.69) is 4.98 Å². The van der Waals surface area contributed by atoms with Crippen LogP contribution in [-0.2, 0) is 30.1 Å². The molecule has 13 heteroatoms. The molecule has 4 rings (SSSR count). The Bertz CT molecular complexity index is 1540. The molecule has 3 aromatic rings. The zero-order chi connectivity index (χ0) is 26.1. The first-order valence-electron chi connectivity index (χ1n) is 11.3. The smallest absolute Gasteiger partial charge is 0.406 e. The number of benzene rings is 1. The molecule has 36 heavy (non-hydrogen) atoms. The van der Waals surface area contributed by atoms with E-state index in [1.54, 1.807) is 32.0 Å². The average molecular weight is 536 g/mol. The van der Waals surface area contributed by atoms with Gasteiger partial charge in [0.1, 0.15) is 5.82 Å². The van der Waals surface area contributed by atoms with Crippen molar-refractivity contribution in [3.8, 4) is 17.1 Å². The Labute approximate surface area is 207 Å². The molecule has 0 aliphatic carbocycles. The van der Waals surface area contributed by atoms with E-state index in [0.29, 0.717) is 17.4 Å². The van der Waals surface area contributed by atoms with E-state index in [9.17, 15) is 22.6 Å².